The van der Waals surface area contributed by atoms with Crippen LogP contribution in [0.1, 0.15) is 11.3 Å². The molecule has 0 bridgehead atoms. The van der Waals surface area contributed by atoms with Crippen molar-refractivity contribution in [3.63, 3.8) is 0 Å². The molecular formula is C17H16N4O3. The Balaban J connectivity index is 1.50. The second-order valence-corrected chi connectivity index (χ2v) is 5.62. The number of aromatic amines is 1. The molecule has 0 saturated heterocycles. The summed E-state index contributed by atoms with van der Waals surface area (Å²) in [6.45, 7) is 2.97. The van der Waals surface area contributed by atoms with E-state index >= 15 is 0 Å². The van der Waals surface area contributed by atoms with E-state index in [0.717, 1.165) is 16.6 Å². The Morgan fingerprint density at radius 1 is 1.21 bits per heavy atom. The first kappa shape index (κ1) is 14.5. The number of hydrogen-bond acceptors (Lipinski definition) is 5. The molecule has 3 heterocycles. The number of hydrogen-bond donors (Lipinski definition) is 2. The lowest BCUT2D eigenvalue weighted by molar-refractivity contribution is -0.115. The van der Waals surface area contributed by atoms with Gasteiger partial charge in [-0.2, -0.15) is 5.10 Å². The Morgan fingerprint density at radius 3 is 2.92 bits per heavy atom. The third kappa shape index (κ3) is 2.76. The third-order valence-electron chi connectivity index (χ3n) is 3.79. The molecule has 7 heteroatoms. The number of carbonyl (C=O) groups excluding carboxylic acids is 1. The number of fused-ring (bicyclic) bond motifs is 2. The van der Waals surface area contributed by atoms with Gasteiger partial charge in [-0.05, 0) is 36.8 Å². The van der Waals surface area contributed by atoms with Gasteiger partial charge in [0.15, 0.2) is 23.0 Å². The van der Waals surface area contributed by atoms with Crippen molar-refractivity contribution in [2.75, 3.05) is 18.5 Å². The lowest BCUT2D eigenvalue weighted by Crippen LogP contribution is -2.17. The van der Waals surface area contributed by atoms with Crippen LogP contribution in [-0.2, 0) is 11.2 Å². The van der Waals surface area contributed by atoms with Crippen molar-refractivity contribution < 1.29 is 14.3 Å². The first-order valence-corrected chi connectivity index (χ1v) is 7.69. The number of H-pyrrole nitrogens is 1. The SMILES string of the molecule is Cc1ccc2c(NC(=O)Cc3ccc4c(c3)OCCO4)n[nH]c2n1. The van der Waals surface area contributed by atoms with E-state index < -0.39 is 0 Å². The first-order valence-electron chi connectivity index (χ1n) is 7.69. The quantitative estimate of drug-likeness (QED) is 0.771. The maximum Gasteiger partial charge on any atom is 0.230 e. The summed E-state index contributed by atoms with van der Waals surface area (Å²) in [7, 11) is 0. The van der Waals surface area contributed by atoms with E-state index in [0.29, 0.717) is 36.2 Å². The highest BCUT2D eigenvalue weighted by Crippen LogP contribution is 2.31. The molecule has 0 saturated carbocycles. The molecule has 122 valence electrons. The number of nitrogens with one attached hydrogen (secondary N) is 2. The zero-order chi connectivity index (χ0) is 16.5. The van der Waals surface area contributed by atoms with Crippen LogP contribution >= 0.6 is 0 Å². The Bertz CT molecular complexity index is 919. The Kier molecular flexibility index (Phi) is 3.53. The molecule has 1 aliphatic heterocycles. The fourth-order valence-electron chi connectivity index (χ4n) is 2.66. The fraction of sp³-hybridized carbons (Fsp3) is 0.235. The molecule has 3 aromatic rings. The molecule has 4 rings (SSSR count). The zero-order valence-electron chi connectivity index (χ0n) is 13.1. The summed E-state index contributed by atoms with van der Waals surface area (Å²) in [6.07, 6.45) is 0.226. The summed E-state index contributed by atoms with van der Waals surface area (Å²) in [6, 6.07) is 9.30. The van der Waals surface area contributed by atoms with Crippen LogP contribution in [0.2, 0.25) is 0 Å². The smallest absolute Gasteiger partial charge is 0.230 e. The number of aromatic nitrogens is 3. The van der Waals surface area contributed by atoms with Gasteiger partial charge in [0.05, 0.1) is 11.8 Å². The normalized spacial score (nSPS) is 13.0. The Morgan fingerprint density at radius 2 is 2.04 bits per heavy atom. The molecule has 1 aliphatic rings. The summed E-state index contributed by atoms with van der Waals surface area (Å²) in [4.78, 5) is 16.6. The zero-order valence-corrected chi connectivity index (χ0v) is 13.1. The van der Waals surface area contributed by atoms with Crippen LogP contribution in [0.15, 0.2) is 30.3 Å². The molecule has 2 aromatic heterocycles. The van der Waals surface area contributed by atoms with Gasteiger partial charge in [-0.15, -0.1) is 0 Å². The summed E-state index contributed by atoms with van der Waals surface area (Å²) in [5.74, 6) is 1.72. The van der Waals surface area contributed by atoms with Gasteiger partial charge < -0.3 is 14.8 Å². The van der Waals surface area contributed by atoms with Crippen LogP contribution in [-0.4, -0.2) is 34.3 Å². The van der Waals surface area contributed by atoms with Crippen molar-refractivity contribution in [2.24, 2.45) is 0 Å². The summed E-state index contributed by atoms with van der Waals surface area (Å²) in [5.41, 5.74) is 2.40. The van der Waals surface area contributed by atoms with Crippen molar-refractivity contribution in [3.8, 4) is 11.5 Å². The van der Waals surface area contributed by atoms with Crippen molar-refractivity contribution in [3.05, 3.63) is 41.6 Å². The van der Waals surface area contributed by atoms with Gasteiger partial charge in [0, 0.05) is 5.69 Å². The number of benzene rings is 1. The highest BCUT2D eigenvalue weighted by atomic mass is 16.6. The number of anilines is 1. The summed E-state index contributed by atoms with van der Waals surface area (Å²) < 4.78 is 11.0. The number of amides is 1. The monoisotopic (exact) mass is 324 g/mol. The number of ether oxygens (including phenoxy) is 2. The minimum absolute atomic E-state index is 0.152. The van der Waals surface area contributed by atoms with Crippen molar-refractivity contribution in [1.82, 2.24) is 15.2 Å². The molecule has 0 atom stereocenters. The molecule has 7 nitrogen and oxygen atoms in total. The van der Waals surface area contributed by atoms with Crippen molar-refractivity contribution in [1.29, 1.82) is 0 Å². The molecular weight excluding hydrogens is 308 g/mol. The minimum atomic E-state index is -0.152. The second kappa shape index (κ2) is 5.84. The predicted molar refractivity (Wildman–Crippen MR) is 88.4 cm³/mol. The maximum atomic E-state index is 12.3. The van der Waals surface area contributed by atoms with Crippen LogP contribution in [0.5, 0.6) is 11.5 Å². The summed E-state index contributed by atoms with van der Waals surface area (Å²) in [5, 5.41) is 10.6. The molecule has 0 fully saturated rings. The van der Waals surface area contributed by atoms with Gasteiger partial charge in [0.1, 0.15) is 13.2 Å². The fourth-order valence-corrected chi connectivity index (χ4v) is 2.66. The van der Waals surface area contributed by atoms with E-state index in [1.54, 1.807) is 0 Å². The third-order valence-corrected chi connectivity index (χ3v) is 3.79. The van der Waals surface area contributed by atoms with Gasteiger partial charge in [-0.1, -0.05) is 6.07 Å². The van der Waals surface area contributed by atoms with Crippen molar-refractivity contribution >= 4 is 22.8 Å². The van der Waals surface area contributed by atoms with E-state index in [2.05, 4.69) is 20.5 Å². The maximum absolute atomic E-state index is 12.3. The second-order valence-electron chi connectivity index (χ2n) is 5.62. The van der Waals surface area contributed by atoms with Crippen LogP contribution in [0.3, 0.4) is 0 Å². The molecule has 24 heavy (non-hydrogen) atoms. The number of pyridine rings is 1. The number of rotatable bonds is 3. The lowest BCUT2D eigenvalue weighted by atomic mass is 10.1. The van der Waals surface area contributed by atoms with Crippen LogP contribution in [0.25, 0.3) is 11.0 Å². The molecule has 0 unspecified atom stereocenters. The first-order chi connectivity index (χ1) is 11.7. The van der Waals surface area contributed by atoms with Gasteiger partial charge >= 0.3 is 0 Å². The largest absolute Gasteiger partial charge is 0.486 e. The summed E-state index contributed by atoms with van der Waals surface area (Å²) >= 11 is 0. The Hall–Kier alpha value is -3.09. The molecule has 1 amide bonds. The average molecular weight is 324 g/mol. The van der Waals surface area contributed by atoms with Gasteiger partial charge in [0.25, 0.3) is 0 Å². The average Bonchev–Trinajstić information content (AvgIpc) is 2.96. The highest BCUT2D eigenvalue weighted by molar-refractivity contribution is 5.99. The van der Waals surface area contributed by atoms with Crippen LogP contribution in [0.4, 0.5) is 5.82 Å². The topological polar surface area (TPSA) is 89.1 Å². The van der Waals surface area contributed by atoms with Crippen LogP contribution in [0, 0.1) is 6.92 Å². The van der Waals surface area contributed by atoms with Crippen LogP contribution < -0.4 is 14.8 Å². The standard InChI is InChI=1S/C17H16N4O3/c1-10-2-4-12-16(18-10)20-21-17(12)19-15(22)9-11-3-5-13-14(8-11)24-7-6-23-13/h2-5,8H,6-7,9H2,1H3,(H2,18,19,20,21,22). The lowest BCUT2D eigenvalue weighted by Gasteiger charge is -2.18. The minimum Gasteiger partial charge on any atom is -0.486 e. The molecule has 0 radical (unpaired) electrons. The van der Waals surface area contributed by atoms with E-state index in [4.69, 9.17) is 9.47 Å². The number of nitrogens with zero attached hydrogens (tertiary/aromatic N) is 2. The van der Waals surface area contributed by atoms with E-state index in [1.807, 2.05) is 37.3 Å². The number of carbonyl (C=O) groups is 1. The van der Waals surface area contributed by atoms with Gasteiger partial charge in [0.2, 0.25) is 5.91 Å². The molecule has 2 N–H and O–H groups in total. The molecule has 1 aromatic carbocycles. The molecule has 0 aliphatic carbocycles. The van der Waals surface area contributed by atoms with E-state index in [-0.39, 0.29) is 12.3 Å². The van der Waals surface area contributed by atoms with E-state index in [9.17, 15) is 4.79 Å². The van der Waals surface area contributed by atoms with Gasteiger partial charge in [-0.25, -0.2) is 4.98 Å². The predicted octanol–water partition coefficient (Wildman–Crippen LogP) is 2.22. The highest BCUT2D eigenvalue weighted by Gasteiger charge is 2.14. The number of aryl methyl sites for hydroxylation is 1. The van der Waals surface area contributed by atoms with E-state index in [1.165, 1.54) is 0 Å². The van der Waals surface area contributed by atoms with Gasteiger partial charge in [-0.3, -0.25) is 9.89 Å². The Labute approximate surface area is 138 Å². The van der Waals surface area contributed by atoms with Crippen molar-refractivity contribution in [2.45, 2.75) is 13.3 Å². The molecule has 0 spiro atoms.